The van der Waals surface area contributed by atoms with Crippen molar-refractivity contribution in [3.63, 3.8) is 0 Å². The van der Waals surface area contributed by atoms with Crippen LogP contribution in [0.5, 0.6) is 0 Å². The van der Waals surface area contributed by atoms with Gasteiger partial charge < -0.3 is 14.8 Å². The van der Waals surface area contributed by atoms with Crippen LogP contribution in [0.15, 0.2) is 24.5 Å². The summed E-state index contributed by atoms with van der Waals surface area (Å²) in [5.41, 5.74) is 0.895. The van der Waals surface area contributed by atoms with Crippen molar-refractivity contribution in [1.82, 2.24) is 15.2 Å². The number of pyridine rings is 1. The van der Waals surface area contributed by atoms with Gasteiger partial charge in [0.25, 0.3) is 0 Å². The number of hydrogen-bond donors (Lipinski definition) is 1. The van der Waals surface area contributed by atoms with Crippen LogP contribution in [-0.2, 0) is 20.7 Å². The van der Waals surface area contributed by atoms with E-state index in [0.717, 1.165) is 58.4 Å². The number of ether oxygens (including phenoxy) is 2. The number of hydrogen-bond acceptors (Lipinski definition) is 5. The Kier molecular flexibility index (Phi) is 6.05. The number of nitrogens with zero attached hydrogens (tertiary/aromatic N) is 2. The van der Waals surface area contributed by atoms with Crippen molar-refractivity contribution in [3.8, 4) is 0 Å². The van der Waals surface area contributed by atoms with Gasteiger partial charge in [0.1, 0.15) is 5.54 Å². The lowest BCUT2D eigenvalue weighted by Gasteiger charge is -2.47. The molecule has 2 aliphatic heterocycles. The second-order valence-corrected chi connectivity index (χ2v) is 8.13. The first kappa shape index (κ1) is 18.8. The lowest BCUT2D eigenvalue weighted by atomic mass is 9.78. The highest BCUT2D eigenvalue weighted by atomic mass is 16.5. The third-order valence-corrected chi connectivity index (χ3v) is 6.48. The molecule has 148 valence electrons. The molecule has 3 heterocycles. The smallest absolute Gasteiger partial charge is 0.240 e. The number of nitrogens with one attached hydrogen (secondary N) is 1. The highest BCUT2D eigenvalue weighted by molar-refractivity contribution is 5.86. The molecule has 2 saturated heterocycles. The van der Waals surface area contributed by atoms with Gasteiger partial charge in [0.05, 0.1) is 32.5 Å². The highest BCUT2D eigenvalue weighted by Crippen LogP contribution is 2.35. The van der Waals surface area contributed by atoms with Crippen molar-refractivity contribution in [3.05, 3.63) is 30.1 Å². The lowest BCUT2D eigenvalue weighted by Crippen LogP contribution is -2.64. The molecule has 0 radical (unpaired) electrons. The molecule has 2 atom stereocenters. The highest BCUT2D eigenvalue weighted by Gasteiger charge is 2.46. The van der Waals surface area contributed by atoms with Gasteiger partial charge in [-0.05, 0) is 37.0 Å². The van der Waals surface area contributed by atoms with Crippen molar-refractivity contribution >= 4 is 5.91 Å². The van der Waals surface area contributed by atoms with Crippen LogP contribution in [0.1, 0.15) is 37.7 Å². The van der Waals surface area contributed by atoms with Crippen molar-refractivity contribution in [2.24, 2.45) is 5.92 Å². The number of aromatic nitrogens is 1. The zero-order valence-corrected chi connectivity index (χ0v) is 16.1. The molecule has 1 aromatic heterocycles. The maximum Gasteiger partial charge on any atom is 0.240 e. The van der Waals surface area contributed by atoms with Gasteiger partial charge in [-0.15, -0.1) is 0 Å². The van der Waals surface area contributed by atoms with Gasteiger partial charge in [-0.3, -0.25) is 14.7 Å². The van der Waals surface area contributed by atoms with E-state index in [2.05, 4.69) is 15.2 Å². The van der Waals surface area contributed by atoms with Crippen molar-refractivity contribution in [1.29, 1.82) is 0 Å². The molecule has 27 heavy (non-hydrogen) atoms. The van der Waals surface area contributed by atoms with Crippen LogP contribution in [0, 0.1) is 5.92 Å². The zero-order chi connectivity index (χ0) is 18.5. The van der Waals surface area contributed by atoms with Crippen molar-refractivity contribution in [2.45, 2.75) is 50.1 Å². The number of morpholine rings is 1. The van der Waals surface area contributed by atoms with Gasteiger partial charge in [-0.2, -0.15) is 0 Å². The van der Waals surface area contributed by atoms with Crippen molar-refractivity contribution < 1.29 is 14.3 Å². The summed E-state index contributed by atoms with van der Waals surface area (Å²) in [6.07, 6.45) is 9.98. The van der Waals surface area contributed by atoms with E-state index >= 15 is 0 Å². The summed E-state index contributed by atoms with van der Waals surface area (Å²) < 4.78 is 11.3. The van der Waals surface area contributed by atoms with Gasteiger partial charge in [0.15, 0.2) is 0 Å². The van der Waals surface area contributed by atoms with E-state index in [9.17, 15) is 4.79 Å². The summed E-state index contributed by atoms with van der Waals surface area (Å²) in [6, 6.07) is 4.19. The Morgan fingerprint density at radius 2 is 1.85 bits per heavy atom. The molecule has 0 bridgehead atoms. The van der Waals surface area contributed by atoms with Crippen LogP contribution in [0.25, 0.3) is 0 Å². The van der Waals surface area contributed by atoms with Gasteiger partial charge >= 0.3 is 0 Å². The quantitative estimate of drug-likeness (QED) is 0.853. The summed E-state index contributed by atoms with van der Waals surface area (Å²) in [6.45, 7) is 4.49. The molecule has 6 nitrogen and oxygen atoms in total. The van der Waals surface area contributed by atoms with E-state index in [-0.39, 0.29) is 17.5 Å². The zero-order valence-electron chi connectivity index (χ0n) is 16.1. The summed E-state index contributed by atoms with van der Waals surface area (Å²) in [7, 11) is 0. The van der Waals surface area contributed by atoms with E-state index in [1.807, 2.05) is 24.5 Å². The van der Waals surface area contributed by atoms with E-state index in [4.69, 9.17) is 9.47 Å². The Balaban J connectivity index is 1.45. The van der Waals surface area contributed by atoms with Crippen molar-refractivity contribution in [2.75, 3.05) is 39.5 Å². The molecule has 3 aliphatic rings. The second kappa shape index (κ2) is 8.67. The average Bonchev–Trinajstić information content (AvgIpc) is 3.16. The Morgan fingerprint density at radius 3 is 2.59 bits per heavy atom. The van der Waals surface area contributed by atoms with Crippen LogP contribution in [0.3, 0.4) is 0 Å². The first-order chi connectivity index (χ1) is 13.3. The molecule has 3 fully saturated rings. The molecule has 4 rings (SSSR count). The first-order valence-corrected chi connectivity index (χ1v) is 10.4. The standard InChI is InChI=1S/C21H31N3O3/c25-20(21(6-2-1-3-7-21)24-10-12-26-13-11-24)23-19-16-27-15-18(19)14-17-4-8-22-9-5-17/h4-5,8-9,18-19H,1-3,6-7,10-16H2,(H,23,25)/t18-,19-/m1/s1. The van der Waals surface area contributed by atoms with Gasteiger partial charge in [0.2, 0.25) is 5.91 Å². The fourth-order valence-electron chi connectivity index (χ4n) is 4.90. The normalized spacial score (nSPS) is 28.7. The number of amides is 1. The molecular weight excluding hydrogens is 342 g/mol. The predicted molar refractivity (Wildman–Crippen MR) is 102 cm³/mol. The summed E-state index contributed by atoms with van der Waals surface area (Å²) in [5.74, 6) is 0.529. The summed E-state index contributed by atoms with van der Waals surface area (Å²) >= 11 is 0. The monoisotopic (exact) mass is 373 g/mol. The molecule has 1 N–H and O–H groups in total. The molecule has 0 aromatic carbocycles. The number of carbonyl (C=O) groups excluding carboxylic acids is 1. The molecule has 0 unspecified atom stereocenters. The fraction of sp³-hybridized carbons (Fsp3) is 0.714. The molecule has 1 amide bonds. The third-order valence-electron chi connectivity index (χ3n) is 6.48. The average molecular weight is 373 g/mol. The SMILES string of the molecule is O=C(N[C@@H]1COC[C@H]1Cc1ccncc1)C1(N2CCOCC2)CCCCC1. The fourth-order valence-corrected chi connectivity index (χ4v) is 4.90. The molecule has 0 spiro atoms. The van der Waals surface area contributed by atoms with Crippen LogP contribution in [-0.4, -0.2) is 66.9 Å². The van der Waals surface area contributed by atoms with E-state index in [1.54, 1.807) is 0 Å². The van der Waals surface area contributed by atoms with Gasteiger partial charge in [0, 0.05) is 31.4 Å². The lowest BCUT2D eigenvalue weighted by molar-refractivity contribution is -0.141. The van der Waals surface area contributed by atoms with Crippen LogP contribution in [0.4, 0.5) is 0 Å². The summed E-state index contributed by atoms with van der Waals surface area (Å²) in [4.78, 5) is 20.0. The summed E-state index contributed by atoms with van der Waals surface area (Å²) in [5, 5.41) is 3.40. The largest absolute Gasteiger partial charge is 0.379 e. The van der Waals surface area contributed by atoms with E-state index in [0.29, 0.717) is 19.1 Å². The topological polar surface area (TPSA) is 63.7 Å². The minimum absolute atomic E-state index is 0.0884. The molecule has 1 aromatic rings. The Morgan fingerprint density at radius 1 is 1.11 bits per heavy atom. The minimum Gasteiger partial charge on any atom is -0.379 e. The van der Waals surface area contributed by atoms with Gasteiger partial charge in [-0.1, -0.05) is 19.3 Å². The van der Waals surface area contributed by atoms with Crippen LogP contribution >= 0.6 is 0 Å². The third kappa shape index (κ3) is 4.18. The first-order valence-electron chi connectivity index (χ1n) is 10.4. The molecule has 6 heteroatoms. The van der Waals surface area contributed by atoms with Crippen LogP contribution in [0.2, 0.25) is 0 Å². The molecule has 1 aliphatic carbocycles. The number of carbonyl (C=O) groups is 1. The van der Waals surface area contributed by atoms with E-state index in [1.165, 1.54) is 12.0 Å². The molecule has 1 saturated carbocycles. The Hall–Kier alpha value is -1.50. The minimum atomic E-state index is -0.355. The maximum absolute atomic E-state index is 13.5. The Labute approximate surface area is 161 Å². The van der Waals surface area contributed by atoms with E-state index < -0.39 is 0 Å². The Bertz CT molecular complexity index is 612. The molecular formula is C21H31N3O3. The predicted octanol–water partition coefficient (Wildman–Crippen LogP) is 1.79. The number of rotatable bonds is 5. The van der Waals surface area contributed by atoms with Gasteiger partial charge in [-0.25, -0.2) is 0 Å². The second-order valence-electron chi connectivity index (χ2n) is 8.13. The maximum atomic E-state index is 13.5. The van der Waals surface area contributed by atoms with Crippen LogP contribution < -0.4 is 5.32 Å².